The Bertz CT molecular complexity index is 1910. The summed E-state index contributed by atoms with van der Waals surface area (Å²) in [6, 6.07) is 25.9. The van der Waals surface area contributed by atoms with Crippen molar-refractivity contribution in [3.8, 4) is 11.5 Å². The number of halogens is 1. The van der Waals surface area contributed by atoms with E-state index in [0.717, 1.165) is 5.56 Å². The van der Waals surface area contributed by atoms with Gasteiger partial charge in [0.25, 0.3) is 17.7 Å². The second kappa shape index (κ2) is 14.2. The molecule has 1 fully saturated rings. The van der Waals surface area contributed by atoms with Gasteiger partial charge in [-0.3, -0.25) is 14.4 Å². The summed E-state index contributed by atoms with van der Waals surface area (Å²) in [4.78, 5) is 42.3. The maximum absolute atomic E-state index is 15.9. The highest BCUT2D eigenvalue weighted by Crippen LogP contribution is 2.58. The average Bonchev–Trinajstić information content (AvgIpc) is 3.55. The highest BCUT2D eigenvalue weighted by Gasteiger charge is 2.66. The number of fused-ring (bicyclic) bond motifs is 2. The minimum Gasteiger partial charge on any atom is -0.497 e. The molecule has 0 bridgehead atoms. The van der Waals surface area contributed by atoms with Gasteiger partial charge in [0.15, 0.2) is 5.60 Å². The molecular weight excluding hydrogens is 653 g/mol. The fourth-order valence-corrected chi connectivity index (χ4v) is 7.45. The fourth-order valence-electron chi connectivity index (χ4n) is 7.45. The average molecular weight is 696 g/mol. The number of carbonyl (C=O) groups excluding carboxylic acids is 3. The number of hydrogen-bond acceptors (Lipinski definition) is 7. The van der Waals surface area contributed by atoms with Gasteiger partial charge in [-0.1, -0.05) is 19.1 Å². The lowest BCUT2D eigenvalue weighted by Gasteiger charge is -2.32. The van der Waals surface area contributed by atoms with Gasteiger partial charge in [0.05, 0.1) is 32.6 Å². The van der Waals surface area contributed by atoms with E-state index in [1.807, 2.05) is 19.1 Å². The first-order valence-corrected chi connectivity index (χ1v) is 16.8. The fraction of sp³-hybridized carbons (Fsp3) is 0.325. The van der Waals surface area contributed by atoms with Gasteiger partial charge in [0.1, 0.15) is 17.2 Å². The van der Waals surface area contributed by atoms with Gasteiger partial charge in [0, 0.05) is 46.5 Å². The molecule has 51 heavy (non-hydrogen) atoms. The second-order valence-corrected chi connectivity index (χ2v) is 13.5. The number of aliphatic hydroxyl groups is 1. The zero-order valence-electron chi connectivity index (χ0n) is 29.2. The lowest BCUT2D eigenvalue weighted by molar-refractivity contribution is -0.146. The van der Waals surface area contributed by atoms with Crippen molar-refractivity contribution in [1.29, 1.82) is 0 Å². The molecule has 11 heteroatoms. The van der Waals surface area contributed by atoms with Crippen LogP contribution in [0.2, 0.25) is 0 Å². The Balaban J connectivity index is 1.30. The number of alkyl halides is 1. The molecule has 3 amide bonds. The van der Waals surface area contributed by atoms with Crippen molar-refractivity contribution in [3.05, 3.63) is 113 Å². The standard InChI is InChI=1S/C40H42FN3O7/c1-24-35(39(2,3)41)34(20-21-45)51-40(24)32-22-29(43-37(47)27-10-17-31(50-5)18-11-27)14-19-33(32)44(38(40)48)23-25-6-12-28(13-7-25)42-36(46)26-8-15-30(49-4)16-9-26/h6-19,22,24,34-35,45H,20-21,23H2,1-5H3,(H,42,46)(H,43,47)/t24-,34+,35-,40+/m1/s1. The molecule has 10 nitrogen and oxygen atoms in total. The van der Waals surface area contributed by atoms with E-state index >= 15 is 4.39 Å². The van der Waals surface area contributed by atoms with Crippen LogP contribution in [0.3, 0.4) is 0 Å². The van der Waals surface area contributed by atoms with Crippen LogP contribution >= 0.6 is 0 Å². The number of hydrogen-bond donors (Lipinski definition) is 3. The van der Waals surface area contributed by atoms with Gasteiger partial charge in [-0.25, -0.2) is 4.39 Å². The van der Waals surface area contributed by atoms with Gasteiger partial charge in [-0.2, -0.15) is 0 Å². The summed E-state index contributed by atoms with van der Waals surface area (Å²) in [7, 11) is 3.11. The molecule has 6 rings (SSSR count). The van der Waals surface area contributed by atoms with Crippen molar-refractivity contribution >= 4 is 34.8 Å². The van der Waals surface area contributed by atoms with Crippen LogP contribution in [-0.2, 0) is 21.7 Å². The van der Waals surface area contributed by atoms with Crippen LogP contribution in [0.1, 0.15) is 59.0 Å². The molecule has 0 aromatic heterocycles. The number of methoxy groups -OCH3 is 2. The smallest absolute Gasteiger partial charge is 0.264 e. The predicted octanol–water partition coefficient (Wildman–Crippen LogP) is 6.73. The highest BCUT2D eigenvalue weighted by molar-refractivity contribution is 6.09. The zero-order valence-corrected chi connectivity index (χ0v) is 29.2. The molecule has 4 aromatic carbocycles. The summed E-state index contributed by atoms with van der Waals surface area (Å²) in [5.74, 6) is -1.03. The Hall–Kier alpha value is -5.26. The molecule has 4 atom stereocenters. The van der Waals surface area contributed by atoms with Crippen molar-refractivity contribution in [3.63, 3.8) is 0 Å². The van der Waals surface area contributed by atoms with Crippen LogP contribution in [0.4, 0.5) is 21.5 Å². The Kier molecular flexibility index (Phi) is 9.88. The molecule has 2 heterocycles. The van der Waals surface area contributed by atoms with Crippen molar-refractivity contribution in [2.45, 2.75) is 51.1 Å². The van der Waals surface area contributed by atoms with Crippen molar-refractivity contribution in [2.24, 2.45) is 11.8 Å². The maximum Gasteiger partial charge on any atom is 0.264 e. The van der Waals surface area contributed by atoms with Gasteiger partial charge in [-0.05, 0) is 105 Å². The Morgan fingerprint density at radius 1 is 0.863 bits per heavy atom. The van der Waals surface area contributed by atoms with Gasteiger partial charge >= 0.3 is 0 Å². The molecule has 0 unspecified atom stereocenters. The molecule has 2 aliphatic heterocycles. The number of nitrogens with zero attached hydrogens (tertiary/aromatic N) is 1. The number of carbonyl (C=O) groups is 3. The highest BCUT2D eigenvalue weighted by atomic mass is 19.1. The number of amides is 3. The molecule has 4 aromatic rings. The summed E-state index contributed by atoms with van der Waals surface area (Å²) in [6.45, 7) is 4.70. The predicted molar refractivity (Wildman–Crippen MR) is 192 cm³/mol. The molecular formula is C40H42FN3O7. The largest absolute Gasteiger partial charge is 0.497 e. The van der Waals surface area contributed by atoms with Crippen molar-refractivity contribution in [1.82, 2.24) is 0 Å². The molecule has 266 valence electrons. The normalized spacial score (nSPS) is 21.0. The van der Waals surface area contributed by atoms with Gasteiger partial charge < -0.3 is 34.9 Å². The molecule has 2 aliphatic rings. The SMILES string of the molecule is COc1ccc(C(=O)Nc2ccc(CN3C(=O)[C@@]4(O[C@@H](CCO)[C@H](C(C)(C)F)[C@H]4C)c4cc(NC(=O)c5ccc(OC)cc5)ccc43)cc2)cc1. The van der Waals surface area contributed by atoms with Gasteiger partial charge in [-0.15, -0.1) is 0 Å². The van der Waals surface area contributed by atoms with Crippen LogP contribution in [0, 0.1) is 11.8 Å². The molecule has 1 spiro atoms. The Labute approximate surface area is 296 Å². The number of rotatable bonds is 11. The molecule has 0 saturated carbocycles. The zero-order chi connectivity index (χ0) is 36.5. The lowest BCUT2D eigenvalue weighted by Crippen LogP contribution is -2.45. The van der Waals surface area contributed by atoms with Crippen molar-refractivity contribution < 1.29 is 38.1 Å². The Morgan fingerprint density at radius 3 is 1.90 bits per heavy atom. The van der Waals surface area contributed by atoms with E-state index < -0.39 is 29.2 Å². The summed E-state index contributed by atoms with van der Waals surface area (Å²) in [5.41, 5.74) is 0.512. The van der Waals surface area contributed by atoms with E-state index in [1.165, 1.54) is 13.8 Å². The van der Waals surface area contributed by atoms with Crippen LogP contribution in [-0.4, -0.2) is 55.4 Å². The molecule has 0 radical (unpaired) electrons. The number of aliphatic hydroxyl groups excluding tert-OH is 1. The van der Waals surface area contributed by atoms with E-state index in [2.05, 4.69) is 10.6 Å². The number of benzene rings is 4. The van der Waals surface area contributed by atoms with Crippen LogP contribution < -0.4 is 25.0 Å². The molecule has 0 aliphatic carbocycles. The van der Waals surface area contributed by atoms with E-state index in [-0.39, 0.29) is 37.3 Å². The van der Waals surface area contributed by atoms with E-state index in [9.17, 15) is 19.5 Å². The molecule has 3 N–H and O–H groups in total. The molecule has 1 saturated heterocycles. The minimum absolute atomic E-state index is 0.157. The van der Waals surface area contributed by atoms with E-state index in [1.54, 1.807) is 98.0 Å². The topological polar surface area (TPSA) is 126 Å². The first-order chi connectivity index (χ1) is 24.4. The van der Waals surface area contributed by atoms with Gasteiger partial charge in [0.2, 0.25) is 0 Å². The maximum atomic E-state index is 15.9. The van der Waals surface area contributed by atoms with Crippen LogP contribution in [0.15, 0.2) is 91.0 Å². The quantitative estimate of drug-likeness (QED) is 0.159. The van der Waals surface area contributed by atoms with Crippen LogP contribution in [0.25, 0.3) is 0 Å². The van der Waals surface area contributed by atoms with Crippen molar-refractivity contribution in [2.75, 3.05) is 36.4 Å². The summed E-state index contributed by atoms with van der Waals surface area (Å²) in [5, 5.41) is 15.7. The summed E-state index contributed by atoms with van der Waals surface area (Å²) in [6.07, 6.45) is -0.572. The lowest BCUT2D eigenvalue weighted by atomic mass is 9.71. The third kappa shape index (κ3) is 6.79. The summed E-state index contributed by atoms with van der Waals surface area (Å²) >= 11 is 0. The number of ether oxygens (including phenoxy) is 3. The van der Waals surface area contributed by atoms with E-state index in [0.29, 0.717) is 45.3 Å². The number of anilines is 3. The third-order valence-corrected chi connectivity index (χ3v) is 9.89. The summed E-state index contributed by atoms with van der Waals surface area (Å²) < 4.78 is 32.9. The minimum atomic E-state index is -1.72. The van der Waals surface area contributed by atoms with Crippen LogP contribution in [0.5, 0.6) is 11.5 Å². The number of nitrogens with one attached hydrogen (secondary N) is 2. The second-order valence-electron chi connectivity index (χ2n) is 13.5. The first-order valence-electron chi connectivity index (χ1n) is 16.8. The van der Waals surface area contributed by atoms with E-state index in [4.69, 9.17) is 14.2 Å². The Morgan fingerprint density at radius 2 is 1.39 bits per heavy atom. The first kappa shape index (κ1) is 35.6. The third-order valence-electron chi connectivity index (χ3n) is 9.89. The monoisotopic (exact) mass is 695 g/mol.